The van der Waals surface area contributed by atoms with Gasteiger partial charge in [-0.05, 0) is 12.8 Å². The van der Waals surface area contributed by atoms with E-state index in [9.17, 15) is 9.59 Å². The first-order valence-electron chi connectivity index (χ1n) is 6.74. The van der Waals surface area contributed by atoms with Crippen LogP contribution in [0.25, 0.3) is 0 Å². The Morgan fingerprint density at radius 3 is 2.19 bits per heavy atom. The van der Waals surface area contributed by atoms with Gasteiger partial charge in [-0.3, -0.25) is 4.79 Å². The number of aldehydes is 1. The molecule has 0 saturated heterocycles. The molecule has 0 heterocycles. The Hall–Kier alpha value is -0.660. The van der Waals surface area contributed by atoms with Crippen LogP contribution in [-0.4, -0.2) is 12.1 Å². The lowest BCUT2D eigenvalue weighted by atomic mass is 9.95. The van der Waals surface area contributed by atoms with Crippen LogP contribution in [0.4, 0.5) is 0 Å². The highest BCUT2D eigenvalue weighted by Gasteiger charge is 2.15. The van der Waals surface area contributed by atoms with E-state index in [-0.39, 0.29) is 11.7 Å². The Kier molecular flexibility index (Phi) is 10.4. The van der Waals surface area contributed by atoms with Crippen LogP contribution in [0.5, 0.6) is 0 Å². The Morgan fingerprint density at radius 2 is 1.62 bits per heavy atom. The Morgan fingerprint density at radius 1 is 1.00 bits per heavy atom. The molecule has 0 aromatic rings. The van der Waals surface area contributed by atoms with E-state index in [1.54, 1.807) is 0 Å². The summed E-state index contributed by atoms with van der Waals surface area (Å²) in [5, 5.41) is 0. The summed E-state index contributed by atoms with van der Waals surface area (Å²) in [4.78, 5) is 22.3. The van der Waals surface area contributed by atoms with Gasteiger partial charge in [0.2, 0.25) is 0 Å². The minimum absolute atomic E-state index is 0.131. The maximum absolute atomic E-state index is 11.5. The normalized spacial score (nSPS) is 12.4. The molecule has 0 bridgehead atoms. The zero-order valence-corrected chi connectivity index (χ0v) is 10.8. The number of carbonyl (C=O) groups excluding carboxylic acids is 2. The summed E-state index contributed by atoms with van der Waals surface area (Å²) in [6.07, 6.45) is 10.2. The van der Waals surface area contributed by atoms with Crippen LogP contribution in [0.15, 0.2) is 0 Å². The molecular formula is C14H26O2. The molecular weight excluding hydrogens is 200 g/mol. The molecule has 1 unspecified atom stereocenters. The maximum Gasteiger partial charge on any atom is 0.143 e. The van der Waals surface area contributed by atoms with Crippen LogP contribution in [0.2, 0.25) is 0 Å². The molecule has 0 N–H and O–H groups in total. The van der Waals surface area contributed by atoms with Crippen molar-refractivity contribution in [3.63, 3.8) is 0 Å². The lowest BCUT2D eigenvalue weighted by Crippen LogP contribution is -2.15. The molecule has 1 atom stereocenters. The van der Waals surface area contributed by atoms with Gasteiger partial charge in [0.25, 0.3) is 0 Å². The van der Waals surface area contributed by atoms with Crippen molar-refractivity contribution in [2.24, 2.45) is 5.92 Å². The third-order valence-electron chi connectivity index (χ3n) is 2.94. The van der Waals surface area contributed by atoms with Gasteiger partial charge in [0, 0.05) is 6.42 Å². The van der Waals surface area contributed by atoms with E-state index in [4.69, 9.17) is 0 Å². The number of carbonyl (C=O) groups is 2. The highest BCUT2D eigenvalue weighted by atomic mass is 16.1. The molecule has 0 aliphatic heterocycles. The quantitative estimate of drug-likeness (QED) is 0.304. The van der Waals surface area contributed by atoms with Gasteiger partial charge < -0.3 is 4.79 Å². The van der Waals surface area contributed by atoms with Gasteiger partial charge in [-0.1, -0.05) is 52.4 Å². The third-order valence-corrected chi connectivity index (χ3v) is 2.94. The van der Waals surface area contributed by atoms with Gasteiger partial charge in [0.05, 0.1) is 5.92 Å². The maximum atomic E-state index is 11.5. The molecule has 0 aromatic carbocycles. The van der Waals surface area contributed by atoms with Crippen molar-refractivity contribution in [1.82, 2.24) is 0 Å². The Balaban J connectivity index is 3.55. The summed E-state index contributed by atoms with van der Waals surface area (Å²) in [5.41, 5.74) is 0. The van der Waals surface area contributed by atoms with Gasteiger partial charge in [0.15, 0.2) is 0 Å². The summed E-state index contributed by atoms with van der Waals surface area (Å²) in [5.74, 6) is -0.197. The van der Waals surface area contributed by atoms with Gasteiger partial charge in [-0.25, -0.2) is 0 Å². The Labute approximate surface area is 99.8 Å². The molecule has 0 spiro atoms. The van der Waals surface area contributed by atoms with Gasteiger partial charge in [-0.2, -0.15) is 0 Å². The fraction of sp³-hybridized carbons (Fsp3) is 0.857. The summed E-state index contributed by atoms with van der Waals surface area (Å²) >= 11 is 0. The minimum Gasteiger partial charge on any atom is -0.303 e. The molecule has 0 aliphatic rings. The fourth-order valence-corrected chi connectivity index (χ4v) is 1.88. The monoisotopic (exact) mass is 226 g/mol. The highest BCUT2D eigenvalue weighted by Crippen LogP contribution is 2.13. The van der Waals surface area contributed by atoms with E-state index in [0.717, 1.165) is 32.0 Å². The van der Waals surface area contributed by atoms with E-state index in [1.807, 2.05) is 6.92 Å². The summed E-state index contributed by atoms with van der Waals surface area (Å²) < 4.78 is 0. The van der Waals surface area contributed by atoms with E-state index in [1.165, 1.54) is 25.7 Å². The zero-order valence-electron chi connectivity index (χ0n) is 10.8. The first-order chi connectivity index (χ1) is 7.76. The second-order valence-corrected chi connectivity index (χ2v) is 4.52. The molecule has 0 fully saturated rings. The van der Waals surface area contributed by atoms with Crippen LogP contribution >= 0.6 is 0 Å². The summed E-state index contributed by atoms with van der Waals surface area (Å²) in [6, 6.07) is 0. The summed E-state index contributed by atoms with van der Waals surface area (Å²) in [6.45, 7) is 4.18. The molecule has 0 rings (SSSR count). The number of hydrogen-bond acceptors (Lipinski definition) is 2. The average molecular weight is 226 g/mol. The minimum atomic E-state index is -0.328. The van der Waals surface area contributed by atoms with Crippen molar-refractivity contribution in [1.29, 1.82) is 0 Å². The molecule has 0 radical (unpaired) electrons. The largest absolute Gasteiger partial charge is 0.303 e. The second-order valence-electron chi connectivity index (χ2n) is 4.52. The lowest BCUT2D eigenvalue weighted by Gasteiger charge is -2.08. The standard InChI is InChI=1S/C14H26O2/c1-3-5-6-7-8-9-11-13(12-15)14(16)10-4-2/h12-13H,3-11H2,1-2H3. The predicted molar refractivity (Wildman–Crippen MR) is 67.5 cm³/mol. The summed E-state index contributed by atoms with van der Waals surface area (Å²) in [7, 11) is 0. The van der Waals surface area contributed by atoms with Crippen LogP contribution < -0.4 is 0 Å². The molecule has 2 heteroatoms. The average Bonchev–Trinajstić information content (AvgIpc) is 2.28. The lowest BCUT2D eigenvalue weighted by molar-refractivity contribution is -0.127. The number of Topliss-reactive ketones (excluding diaryl/α,β-unsaturated/α-hetero) is 1. The molecule has 16 heavy (non-hydrogen) atoms. The van der Waals surface area contributed by atoms with Crippen molar-refractivity contribution in [2.45, 2.75) is 71.6 Å². The number of hydrogen-bond donors (Lipinski definition) is 0. The van der Waals surface area contributed by atoms with Crippen molar-refractivity contribution in [3.8, 4) is 0 Å². The first-order valence-corrected chi connectivity index (χ1v) is 6.74. The van der Waals surface area contributed by atoms with Crippen molar-refractivity contribution < 1.29 is 9.59 Å². The molecule has 0 aromatic heterocycles. The highest BCUT2D eigenvalue weighted by molar-refractivity contribution is 5.93. The van der Waals surface area contributed by atoms with E-state index in [2.05, 4.69) is 6.92 Å². The number of unbranched alkanes of at least 4 members (excludes halogenated alkanes) is 5. The van der Waals surface area contributed by atoms with E-state index >= 15 is 0 Å². The zero-order chi connectivity index (χ0) is 12.2. The molecule has 0 amide bonds. The van der Waals surface area contributed by atoms with Gasteiger partial charge in [0.1, 0.15) is 12.1 Å². The topological polar surface area (TPSA) is 34.1 Å². The smallest absolute Gasteiger partial charge is 0.143 e. The van der Waals surface area contributed by atoms with Gasteiger partial charge in [-0.15, -0.1) is 0 Å². The number of rotatable bonds is 11. The van der Waals surface area contributed by atoms with Crippen LogP contribution in [0.1, 0.15) is 71.6 Å². The predicted octanol–water partition coefficient (Wildman–Crippen LogP) is 3.92. The van der Waals surface area contributed by atoms with E-state index in [0.29, 0.717) is 6.42 Å². The molecule has 0 aliphatic carbocycles. The number of ketones is 1. The van der Waals surface area contributed by atoms with Crippen LogP contribution in [-0.2, 0) is 9.59 Å². The molecule has 0 saturated carbocycles. The van der Waals surface area contributed by atoms with Gasteiger partial charge >= 0.3 is 0 Å². The SMILES string of the molecule is CCCCCCCCC(C=O)C(=O)CCC. The molecule has 94 valence electrons. The van der Waals surface area contributed by atoms with E-state index < -0.39 is 0 Å². The fourth-order valence-electron chi connectivity index (χ4n) is 1.88. The first kappa shape index (κ1) is 15.3. The molecule has 2 nitrogen and oxygen atoms in total. The van der Waals surface area contributed by atoms with Crippen molar-refractivity contribution in [2.75, 3.05) is 0 Å². The van der Waals surface area contributed by atoms with Crippen molar-refractivity contribution >= 4 is 12.1 Å². The second kappa shape index (κ2) is 10.8. The van der Waals surface area contributed by atoms with Crippen LogP contribution in [0.3, 0.4) is 0 Å². The Bertz CT molecular complexity index is 187. The third kappa shape index (κ3) is 7.61. The van der Waals surface area contributed by atoms with Crippen LogP contribution in [0, 0.1) is 5.92 Å². The van der Waals surface area contributed by atoms with Crippen molar-refractivity contribution in [3.05, 3.63) is 0 Å².